The van der Waals surface area contributed by atoms with Crippen molar-refractivity contribution in [1.82, 2.24) is 0 Å². The summed E-state index contributed by atoms with van der Waals surface area (Å²) in [5, 5.41) is 0. The molecule has 1 aliphatic rings. The van der Waals surface area contributed by atoms with Gasteiger partial charge in [-0.1, -0.05) is 6.07 Å². The zero-order valence-electron chi connectivity index (χ0n) is 12.9. The van der Waals surface area contributed by atoms with Crippen LogP contribution in [0.15, 0.2) is 36.4 Å². The van der Waals surface area contributed by atoms with Crippen molar-refractivity contribution in [2.75, 3.05) is 11.4 Å². The van der Waals surface area contributed by atoms with Crippen molar-refractivity contribution >= 4 is 17.5 Å². The molecule has 0 fully saturated rings. The van der Waals surface area contributed by atoms with Crippen molar-refractivity contribution in [2.24, 2.45) is 5.73 Å². The molecule has 4 nitrogen and oxygen atoms in total. The molecule has 0 saturated carbocycles. The Morgan fingerprint density at radius 1 is 1.12 bits per heavy atom. The van der Waals surface area contributed by atoms with Crippen molar-refractivity contribution in [2.45, 2.75) is 19.3 Å². The van der Waals surface area contributed by atoms with Gasteiger partial charge in [-0.25, -0.2) is 8.78 Å². The number of primary amides is 1. The minimum Gasteiger partial charge on any atom is -0.366 e. The van der Waals surface area contributed by atoms with Gasteiger partial charge in [-0.15, -0.1) is 0 Å². The number of fused-ring (bicyclic) bond motifs is 1. The number of benzene rings is 2. The van der Waals surface area contributed by atoms with Crippen molar-refractivity contribution < 1.29 is 18.4 Å². The number of anilines is 1. The van der Waals surface area contributed by atoms with Crippen molar-refractivity contribution in [3.05, 3.63) is 64.7 Å². The molecule has 0 atom stereocenters. The highest BCUT2D eigenvalue weighted by Crippen LogP contribution is 2.29. The van der Waals surface area contributed by atoms with Gasteiger partial charge in [0.1, 0.15) is 11.6 Å². The van der Waals surface area contributed by atoms with Gasteiger partial charge in [0.05, 0.1) is 6.42 Å². The number of amides is 2. The molecule has 1 heterocycles. The summed E-state index contributed by atoms with van der Waals surface area (Å²) < 4.78 is 26.7. The fourth-order valence-corrected chi connectivity index (χ4v) is 2.93. The fraction of sp³-hybridized carbons (Fsp3) is 0.222. The third-order valence-electron chi connectivity index (χ3n) is 4.14. The van der Waals surface area contributed by atoms with Gasteiger partial charge in [-0.2, -0.15) is 0 Å². The molecule has 0 unspecified atom stereocenters. The van der Waals surface area contributed by atoms with Crippen molar-refractivity contribution in [3.8, 4) is 0 Å². The Bertz CT molecular complexity index is 821. The maximum atomic E-state index is 13.8. The molecule has 0 radical (unpaired) electrons. The summed E-state index contributed by atoms with van der Waals surface area (Å²) in [4.78, 5) is 25.4. The van der Waals surface area contributed by atoms with Crippen LogP contribution in [-0.2, 0) is 17.6 Å². The monoisotopic (exact) mass is 330 g/mol. The number of rotatable bonds is 3. The summed E-state index contributed by atoms with van der Waals surface area (Å²) in [6.45, 7) is 0.518. The number of carbonyl (C=O) groups excluding carboxylic acids is 2. The summed E-state index contributed by atoms with van der Waals surface area (Å²) >= 11 is 0. The van der Waals surface area contributed by atoms with E-state index in [4.69, 9.17) is 5.73 Å². The number of nitrogens with zero attached hydrogens (tertiary/aromatic N) is 1. The van der Waals surface area contributed by atoms with Crippen LogP contribution in [0.4, 0.5) is 14.5 Å². The number of halogens is 2. The topological polar surface area (TPSA) is 63.4 Å². The number of hydrogen-bond acceptors (Lipinski definition) is 2. The molecule has 0 aliphatic carbocycles. The third-order valence-corrected chi connectivity index (χ3v) is 4.14. The number of aryl methyl sites for hydroxylation is 1. The van der Waals surface area contributed by atoms with Crippen LogP contribution in [0.2, 0.25) is 0 Å². The molecule has 2 N–H and O–H groups in total. The maximum absolute atomic E-state index is 13.8. The summed E-state index contributed by atoms with van der Waals surface area (Å²) in [5.41, 5.74) is 7.40. The second kappa shape index (κ2) is 6.39. The zero-order chi connectivity index (χ0) is 17.3. The Labute approximate surface area is 137 Å². The molecule has 0 aromatic heterocycles. The first-order chi connectivity index (χ1) is 11.5. The summed E-state index contributed by atoms with van der Waals surface area (Å²) in [7, 11) is 0. The number of nitrogens with two attached hydrogens (primary N) is 1. The second-order valence-corrected chi connectivity index (χ2v) is 5.77. The molecule has 1 aliphatic heterocycles. The van der Waals surface area contributed by atoms with E-state index in [2.05, 4.69) is 0 Å². The van der Waals surface area contributed by atoms with Crippen molar-refractivity contribution in [1.29, 1.82) is 0 Å². The Morgan fingerprint density at radius 3 is 2.62 bits per heavy atom. The maximum Gasteiger partial charge on any atom is 0.248 e. The minimum atomic E-state index is -0.732. The van der Waals surface area contributed by atoms with Crippen LogP contribution in [0, 0.1) is 11.6 Å². The largest absolute Gasteiger partial charge is 0.366 e. The molecule has 124 valence electrons. The van der Waals surface area contributed by atoms with Crippen LogP contribution in [0.3, 0.4) is 0 Å². The quantitative estimate of drug-likeness (QED) is 0.940. The average Bonchev–Trinajstić information content (AvgIpc) is 2.56. The third kappa shape index (κ3) is 3.13. The first-order valence-corrected chi connectivity index (χ1v) is 7.63. The molecule has 6 heteroatoms. The first kappa shape index (κ1) is 16.1. The van der Waals surface area contributed by atoms with E-state index in [1.54, 1.807) is 23.1 Å². The van der Waals surface area contributed by atoms with Gasteiger partial charge < -0.3 is 10.6 Å². The van der Waals surface area contributed by atoms with E-state index < -0.39 is 17.5 Å². The van der Waals surface area contributed by atoms with Crippen LogP contribution in [-0.4, -0.2) is 18.4 Å². The van der Waals surface area contributed by atoms with Crippen LogP contribution in [0.5, 0.6) is 0 Å². The molecule has 0 spiro atoms. The molecule has 24 heavy (non-hydrogen) atoms. The lowest BCUT2D eigenvalue weighted by Gasteiger charge is -2.30. The number of carbonyl (C=O) groups is 2. The normalized spacial score (nSPS) is 13.5. The zero-order valence-corrected chi connectivity index (χ0v) is 12.9. The van der Waals surface area contributed by atoms with E-state index in [0.717, 1.165) is 30.5 Å². The van der Waals surface area contributed by atoms with Gasteiger partial charge in [0, 0.05) is 23.9 Å². The molecule has 2 amide bonds. The van der Waals surface area contributed by atoms with E-state index in [0.29, 0.717) is 17.8 Å². The van der Waals surface area contributed by atoms with E-state index in [-0.39, 0.29) is 17.9 Å². The lowest BCUT2D eigenvalue weighted by atomic mass is 9.98. The Hall–Kier alpha value is -2.76. The standard InChI is InChI=1S/C18H16F2N2O2/c19-14-5-3-11(15(20)10-14)9-17(23)22-7-1-2-12-8-13(18(21)24)4-6-16(12)22/h3-6,8,10H,1-2,7,9H2,(H2,21,24). The van der Waals surface area contributed by atoms with Gasteiger partial charge in [-0.05, 0) is 48.2 Å². The Balaban J connectivity index is 1.86. The van der Waals surface area contributed by atoms with E-state index in [1.807, 2.05) is 0 Å². The molecule has 2 aromatic rings. The smallest absolute Gasteiger partial charge is 0.248 e. The van der Waals surface area contributed by atoms with Gasteiger partial charge in [0.15, 0.2) is 0 Å². The van der Waals surface area contributed by atoms with Gasteiger partial charge in [0.25, 0.3) is 0 Å². The minimum absolute atomic E-state index is 0.150. The van der Waals surface area contributed by atoms with Gasteiger partial charge in [-0.3, -0.25) is 9.59 Å². The van der Waals surface area contributed by atoms with Crippen LogP contribution >= 0.6 is 0 Å². The van der Waals surface area contributed by atoms with Crippen molar-refractivity contribution in [3.63, 3.8) is 0 Å². The first-order valence-electron chi connectivity index (χ1n) is 7.63. The van der Waals surface area contributed by atoms with Crippen LogP contribution in [0.1, 0.15) is 27.9 Å². The SMILES string of the molecule is NC(=O)c1ccc2c(c1)CCCN2C(=O)Cc1ccc(F)cc1F. The van der Waals surface area contributed by atoms with Crippen LogP contribution in [0.25, 0.3) is 0 Å². The van der Waals surface area contributed by atoms with E-state index in [9.17, 15) is 18.4 Å². The molecule has 2 aromatic carbocycles. The Kier molecular flexibility index (Phi) is 4.29. The van der Waals surface area contributed by atoms with Crippen LogP contribution < -0.4 is 10.6 Å². The molecular weight excluding hydrogens is 314 g/mol. The second-order valence-electron chi connectivity index (χ2n) is 5.77. The highest BCUT2D eigenvalue weighted by atomic mass is 19.1. The highest BCUT2D eigenvalue weighted by Gasteiger charge is 2.24. The predicted molar refractivity (Wildman–Crippen MR) is 85.7 cm³/mol. The molecule has 3 rings (SSSR count). The van der Waals surface area contributed by atoms with E-state index >= 15 is 0 Å². The highest BCUT2D eigenvalue weighted by molar-refractivity contribution is 5.98. The van der Waals surface area contributed by atoms with Gasteiger partial charge in [0.2, 0.25) is 11.8 Å². The lowest BCUT2D eigenvalue weighted by Crippen LogP contribution is -2.36. The van der Waals surface area contributed by atoms with E-state index in [1.165, 1.54) is 6.07 Å². The summed E-state index contributed by atoms with van der Waals surface area (Å²) in [5.74, 6) is -2.20. The number of hydrogen-bond donors (Lipinski definition) is 1. The summed E-state index contributed by atoms with van der Waals surface area (Å²) in [6.07, 6.45) is 1.33. The Morgan fingerprint density at radius 2 is 1.92 bits per heavy atom. The predicted octanol–water partition coefficient (Wildman–Crippen LogP) is 2.59. The lowest BCUT2D eigenvalue weighted by molar-refractivity contribution is -0.118. The van der Waals surface area contributed by atoms with Gasteiger partial charge >= 0.3 is 0 Å². The molecular formula is C18H16F2N2O2. The average molecular weight is 330 g/mol. The fourth-order valence-electron chi connectivity index (χ4n) is 2.93. The molecule has 0 bridgehead atoms. The molecule has 0 saturated heterocycles. The summed E-state index contributed by atoms with van der Waals surface area (Å²) in [6, 6.07) is 8.14.